The van der Waals surface area contributed by atoms with Crippen molar-refractivity contribution in [2.45, 2.75) is 17.7 Å². The molecule has 2 heterocycles. The van der Waals surface area contributed by atoms with Crippen molar-refractivity contribution in [3.63, 3.8) is 0 Å². The molecule has 0 aliphatic rings. The quantitative estimate of drug-likeness (QED) is 0.867. The second kappa shape index (κ2) is 4.89. The summed E-state index contributed by atoms with van der Waals surface area (Å²) in [6, 6.07) is 5.39. The molecular weight excluding hydrogens is 274 g/mol. The van der Waals surface area contributed by atoms with Crippen molar-refractivity contribution in [1.29, 1.82) is 0 Å². The van der Waals surface area contributed by atoms with E-state index in [1.54, 1.807) is 35.9 Å². The van der Waals surface area contributed by atoms with Crippen LogP contribution in [0.3, 0.4) is 0 Å². The normalized spacial score (nSPS) is 12.2. The van der Waals surface area contributed by atoms with Crippen LogP contribution in [0.5, 0.6) is 0 Å². The molecule has 0 atom stereocenters. The molecule has 0 bridgehead atoms. The van der Waals surface area contributed by atoms with Gasteiger partial charge in [-0.15, -0.1) is 22.7 Å². The summed E-state index contributed by atoms with van der Waals surface area (Å²) in [6.45, 7) is 2.43. The van der Waals surface area contributed by atoms with Crippen molar-refractivity contribution in [2.24, 2.45) is 0 Å². The SMILES string of the molecule is Cc1ccsc1CN(C)S(=O)(=O)c1cccs1. The summed E-state index contributed by atoms with van der Waals surface area (Å²) in [5.74, 6) is 0. The predicted octanol–water partition coefficient (Wildman–Crippen LogP) is 2.94. The van der Waals surface area contributed by atoms with Crippen molar-refractivity contribution in [3.8, 4) is 0 Å². The Morgan fingerprint density at radius 1 is 1.24 bits per heavy atom. The zero-order chi connectivity index (χ0) is 12.5. The van der Waals surface area contributed by atoms with Gasteiger partial charge in [0.15, 0.2) is 0 Å². The van der Waals surface area contributed by atoms with Gasteiger partial charge in [0.25, 0.3) is 10.0 Å². The summed E-state index contributed by atoms with van der Waals surface area (Å²) in [4.78, 5) is 1.09. The molecule has 3 nitrogen and oxygen atoms in total. The minimum atomic E-state index is -3.33. The molecule has 17 heavy (non-hydrogen) atoms. The highest BCUT2D eigenvalue weighted by atomic mass is 32.2. The summed E-state index contributed by atoms with van der Waals surface area (Å²) >= 11 is 2.84. The molecule has 0 aromatic carbocycles. The molecule has 2 aromatic heterocycles. The highest BCUT2D eigenvalue weighted by Gasteiger charge is 2.22. The van der Waals surface area contributed by atoms with E-state index in [1.165, 1.54) is 15.6 Å². The number of nitrogens with zero attached hydrogens (tertiary/aromatic N) is 1. The monoisotopic (exact) mass is 287 g/mol. The van der Waals surface area contributed by atoms with Gasteiger partial charge < -0.3 is 0 Å². The summed E-state index contributed by atoms with van der Waals surface area (Å²) < 4.78 is 26.1. The number of thiophene rings is 2. The second-order valence-corrected chi connectivity index (χ2v) is 7.94. The smallest absolute Gasteiger partial charge is 0.206 e. The second-order valence-electron chi connectivity index (χ2n) is 3.72. The summed E-state index contributed by atoms with van der Waals surface area (Å²) in [5.41, 5.74) is 1.14. The maximum absolute atomic E-state index is 12.2. The van der Waals surface area contributed by atoms with Gasteiger partial charge in [0.2, 0.25) is 0 Å². The van der Waals surface area contributed by atoms with Crippen LogP contribution in [-0.4, -0.2) is 19.8 Å². The average Bonchev–Trinajstić information content (AvgIpc) is 2.90. The van der Waals surface area contributed by atoms with Crippen LogP contribution in [0.4, 0.5) is 0 Å². The van der Waals surface area contributed by atoms with Crippen molar-refractivity contribution in [2.75, 3.05) is 7.05 Å². The van der Waals surface area contributed by atoms with E-state index in [0.717, 1.165) is 10.4 Å². The van der Waals surface area contributed by atoms with Crippen molar-refractivity contribution in [1.82, 2.24) is 4.31 Å². The number of hydrogen-bond acceptors (Lipinski definition) is 4. The Bertz CT molecular complexity index is 584. The van der Waals surface area contributed by atoms with Gasteiger partial charge in [0.05, 0.1) is 0 Å². The van der Waals surface area contributed by atoms with E-state index in [1.807, 2.05) is 18.4 Å². The predicted molar refractivity (Wildman–Crippen MR) is 72.0 cm³/mol. The van der Waals surface area contributed by atoms with Crippen LogP contribution in [0.25, 0.3) is 0 Å². The highest BCUT2D eigenvalue weighted by Crippen LogP contribution is 2.24. The van der Waals surface area contributed by atoms with Crippen LogP contribution in [-0.2, 0) is 16.6 Å². The van der Waals surface area contributed by atoms with Crippen LogP contribution in [0.1, 0.15) is 10.4 Å². The van der Waals surface area contributed by atoms with Gasteiger partial charge in [-0.05, 0) is 35.4 Å². The van der Waals surface area contributed by atoms with Gasteiger partial charge in [-0.25, -0.2) is 8.42 Å². The minimum Gasteiger partial charge on any atom is -0.206 e. The van der Waals surface area contributed by atoms with Crippen molar-refractivity contribution < 1.29 is 8.42 Å². The Balaban J connectivity index is 2.22. The van der Waals surface area contributed by atoms with E-state index < -0.39 is 10.0 Å². The highest BCUT2D eigenvalue weighted by molar-refractivity contribution is 7.91. The van der Waals surface area contributed by atoms with Crippen LogP contribution in [0.2, 0.25) is 0 Å². The topological polar surface area (TPSA) is 37.4 Å². The first kappa shape index (κ1) is 12.8. The first-order valence-electron chi connectivity index (χ1n) is 5.04. The van der Waals surface area contributed by atoms with E-state index in [9.17, 15) is 8.42 Å². The molecule has 0 aliphatic carbocycles. The Morgan fingerprint density at radius 3 is 2.53 bits per heavy atom. The molecule has 0 saturated carbocycles. The third-order valence-electron chi connectivity index (χ3n) is 2.49. The summed E-state index contributed by atoms with van der Waals surface area (Å²) in [7, 11) is -1.71. The van der Waals surface area contributed by atoms with Gasteiger partial charge in [-0.3, -0.25) is 0 Å². The third-order valence-corrected chi connectivity index (χ3v) is 6.68. The number of hydrogen-bond donors (Lipinski definition) is 0. The Hall–Kier alpha value is -0.690. The van der Waals surface area contributed by atoms with Gasteiger partial charge in [0, 0.05) is 18.5 Å². The molecule has 2 aromatic rings. The molecule has 0 N–H and O–H groups in total. The summed E-state index contributed by atoms with van der Waals surface area (Å²) in [6.07, 6.45) is 0. The van der Waals surface area contributed by atoms with Gasteiger partial charge >= 0.3 is 0 Å². The van der Waals surface area contributed by atoms with Crippen molar-refractivity contribution in [3.05, 3.63) is 39.4 Å². The molecule has 0 spiro atoms. The largest absolute Gasteiger partial charge is 0.252 e. The lowest BCUT2D eigenvalue weighted by molar-refractivity contribution is 0.471. The Labute approximate surface area is 109 Å². The molecule has 6 heteroatoms. The number of aryl methyl sites for hydroxylation is 1. The molecule has 0 radical (unpaired) electrons. The zero-order valence-corrected chi connectivity index (χ0v) is 12.0. The molecule has 0 aliphatic heterocycles. The summed E-state index contributed by atoms with van der Waals surface area (Å²) in [5, 5.41) is 3.76. The molecule has 0 unspecified atom stereocenters. The maximum atomic E-state index is 12.2. The van der Waals surface area contributed by atoms with Crippen LogP contribution in [0, 0.1) is 6.92 Å². The maximum Gasteiger partial charge on any atom is 0.252 e. The zero-order valence-electron chi connectivity index (χ0n) is 9.58. The van der Waals surface area contributed by atoms with Crippen molar-refractivity contribution >= 4 is 32.7 Å². The molecule has 92 valence electrons. The average molecular weight is 287 g/mol. The van der Waals surface area contributed by atoms with Crippen LogP contribution >= 0.6 is 22.7 Å². The molecule has 0 saturated heterocycles. The fourth-order valence-corrected chi connectivity index (χ4v) is 4.80. The van der Waals surface area contributed by atoms with E-state index in [0.29, 0.717) is 10.8 Å². The van der Waals surface area contributed by atoms with Gasteiger partial charge in [-0.2, -0.15) is 4.31 Å². The Morgan fingerprint density at radius 2 is 2.00 bits per heavy atom. The van der Waals surface area contributed by atoms with Gasteiger partial charge in [-0.1, -0.05) is 6.07 Å². The molecular formula is C11H13NO2S3. The standard InChI is InChI=1S/C11H13NO2S3/c1-9-5-7-15-10(9)8-12(2)17(13,14)11-4-3-6-16-11/h3-7H,8H2,1-2H3. The van der Waals surface area contributed by atoms with E-state index in [-0.39, 0.29) is 0 Å². The van der Waals surface area contributed by atoms with E-state index in [4.69, 9.17) is 0 Å². The first-order chi connectivity index (χ1) is 8.01. The lowest BCUT2D eigenvalue weighted by Crippen LogP contribution is -2.25. The van der Waals surface area contributed by atoms with Crippen LogP contribution in [0.15, 0.2) is 33.2 Å². The fraction of sp³-hybridized carbons (Fsp3) is 0.273. The lowest BCUT2D eigenvalue weighted by Gasteiger charge is -2.15. The molecule has 0 fully saturated rings. The van der Waals surface area contributed by atoms with E-state index >= 15 is 0 Å². The lowest BCUT2D eigenvalue weighted by atomic mass is 10.3. The minimum absolute atomic E-state index is 0.397. The fourth-order valence-electron chi connectivity index (χ4n) is 1.42. The molecule has 0 amide bonds. The van der Waals surface area contributed by atoms with E-state index in [2.05, 4.69) is 0 Å². The van der Waals surface area contributed by atoms with Gasteiger partial charge in [0.1, 0.15) is 4.21 Å². The number of rotatable bonds is 4. The Kier molecular flexibility index (Phi) is 3.67. The first-order valence-corrected chi connectivity index (χ1v) is 8.24. The third kappa shape index (κ3) is 2.60. The number of sulfonamides is 1. The molecule has 2 rings (SSSR count). The van der Waals surface area contributed by atoms with Crippen LogP contribution < -0.4 is 0 Å².